The first kappa shape index (κ1) is 37.0. The van der Waals surface area contributed by atoms with E-state index in [4.69, 9.17) is 23.7 Å². The predicted octanol–water partition coefficient (Wildman–Crippen LogP) is 12.3. The lowest BCUT2D eigenvalue weighted by Crippen LogP contribution is -2.51. The number of ether oxygens (including phenoxy) is 5. The third-order valence-electron chi connectivity index (χ3n) is 11.3. The van der Waals surface area contributed by atoms with Gasteiger partial charge in [0, 0.05) is 35.6 Å². The van der Waals surface area contributed by atoms with Crippen LogP contribution in [0.2, 0.25) is 0 Å². The van der Waals surface area contributed by atoms with Gasteiger partial charge in [0.15, 0.2) is 0 Å². The highest BCUT2D eigenvalue weighted by Gasteiger charge is 2.49. The summed E-state index contributed by atoms with van der Waals surface area (Å²) in [7, 11) is 0. The van der Waals surface area contributed by atoms with E-state index >= 15 is 0 Å². The van der Waals surface area contributed by atoms with E-state index in [1.165, 1.54) is 64.3 Å². The molecular weight excluding hydrogens is 673 g/mol. The molecule has 282 valence electrons. The van der Waals surface area contributed by atoms with Crippen molar-refractivity contribution in [1.29, 1.82) is 0 Å². The summed E-state index contributed by atoms with van der Waals surface area (Å²) in [5.74, 6) is 1.15. The van der Waals surface area contributed by atoms with Crippen molar-refractivity contribution < 1.29 is 23.7 Å². The van der Waals surface area contributed by atoms with Gasteiger partial charge >= 0.3 is 5.79 Å². The van der Waals surface area contributed by atoms with E-state index in [1.54, 1.807) is 18.8 Å². The topological polar surface area (TPSA) is 52.6 Å². The number of rotatable bonds is 2. The zero-order valence-corrected chi connectivity index (χ0v) is 33.3. The van der Waals surface area contributed by atoms with Crippen molar-refractivity contribution in [3.05, 3.63) is 154 Å². The van der Waals surface area contributed by atoms with Crippen LogP contribution < -0.4 is 14.5 Å². The summed E-state index contributed by atoms with van der Waals surface area (Å²) in [4.78, 5) is 5.03. The minimum Gasteiger partial charge on any atom is -0.457 e. The highest BCUT2D eigenvalue weighted by molar-refractivity contribution is 5.75. The van der Waals surface area contributed by atoms with Gasteiger partial charge in [0.1, 0.15) is 41.7 Å². The first-order chi connectivity index (χ1) is 25.9. The highest BCUT2D eigenvalue weighted by Crippen LogP contribution is 2.52. The van der Waals surface area contributed by atoms with Crippen LogP contribution in [0.3, 0.4) is 0 Å². The Bertz CT molecular complexity index is 1960. The second-order valence-corrected chi connectivity index (χ2v) is 15.5. The lowest BCUT2D eigenvalue weighted by Gasteiger charge is -2.44. The smallest absolute Gasteiger partial charge is 0.311 e. The zero-order valence-electron chi connectivity index (χ0n) is 33.3. The number of aryl methyl sites for hydroxylation is 4. The number of benzene rings is 4. The number of hydrogen-bond acceptors (Lipinski definition) is 7. The fourth-order valence-corrected chi connectivity index (χ4v) is 8.70. The van der Waals surface area contributed by atoms with E-state index in [1.807, 2.05) is 55.5 Å². The van der Waals surface area contributed by atoms with Crippen molar-refractivity contribution in [3.63, 3.8) is 0 Å². The minimum atomic E-state index is -0.907. The van der Waals surface area contributed by atoms with E-state index in [2.05, 4.69) is 102 Å². The summed E-state index contributed by atoms with van der Waals surface area (Å²) < 4.78 is 28.6. The number of allylic oxidation sites excluding steroid dienone is 3. The molecule has 0 bridgehead atoms. The van der Waals surface area contributed by atoms with Crippen molar-refractivity contribution in [1.82, 2.24) is 0 Å². The Morgan fingerprint density at radius 3 is 1.39 bits per heavy atom. The average molecular weight is 727 g/mol. The summed E-state index contributed by atoms with van der Waals surface area (Å²) >= 11 is 0. The van der Waals surface area contributed by atoms with Crippen LogP contribution in [0, 0.1) is 27.7 Å². The molecule has 4 aromatic rings. The molecule has 0 N–H and O–H groups in total. The van der Waals surface area contributed by atoms with Gasteiger partial charge in [0.2, 0.25) is 5.79 Å². The molecule has 4 aliphatic heterocycles. The van der Waals surface area contributed by atoms with Crippen LogP contribution in [-0.4, -0.2) is 11.4 Å². The molecule has 7 nitrogen and oxygen atoms in total. The lowest BCUT2D eigenvalue weighted by molar-refractivity contribution is -0.162. The molecule has 5 aliphatic rings. The van der Waals surface area contributed by atoms with Gasteiger partial charge in [0.05, 0.1) is 11.1 Å². The predicted molar refractivity (Wildman–Crippen MR) is 216 cm³/mol. The fourth-order valence-electron chi connectivity index (χ4n) is 8.70. The Balaban J connectivity index is 0.000000136. The maximum atomic E-state index is 6.00. The van der Waals surface area contributed by atoms with Gasteiger partial charge in [-0.15, -0.1) is 0 Å². The van der Waals surface area contributed by atoms with Gasteiger partial charge in [-0.3, -0.25) is 0 Å². The largest absolute Gasteiger partial charge is 0.457 e. The van der Waals surface area contributed by atoms with Crippen LogP contribution in [0.1, 0.15) is 100 Å². The van der Waals surface area contributed by atoms with Gasteiger partial charge in [-0.25, -0.2) is 0 Å². The molecule has 4 aromatic carbocycles. The van der Waals surface area contributed by atoms with E-state index in [9.17, 15) is 0 Å². The second-order valence-electron chi connectivity index (χ2n) is 15.5. The van der Waals surface area contributed by atoms with Gasteiger partial charge in [-0.2, -0.15) is 0 Å². The van der Waals surface area contributed by atoms with E-state index < -0.39 is 5.79 Å². The lowest BCUT2D eigenvalue weighted by atomic mass is 9.93. The maximum absolute atomic E-state index is 6.00. The van der Waals surface area contributed by atoms with Crippen LogP contribution in [-0.2, 0) is 24.7 Å². The van der Waals surface area contributed by atoms with Crippen LogP contribution in [0.4, 0.5) is 11.4 Å². The summed E-state index contributed by atoms with van der Waals surface area (Å²) in [6.07, 6.45) is 10.9. The average Bonchev–Trinajstić information content (AvgIpc) is 3.82. The van der Waals surface area contributed by atoms with Gasteiger partial charge in [-0.05, 0) is 122 Å². The molecule has 9 rings (SSSR count). The molecule has 54 heavy (non-hydrogen) atoms. The highest BCUT2D eigenvalue weighted by atomic mass is 16.7. The van der Waals surface area contributed by atoms with Crippen molar-refractivity contribution in [2.45, 2.75) is 112 Å². The quantitative estimate of drug-likeness (QED) is 0.204. The van der Waals surface area contributed by atoms with Crippen molar-refractivity contribution in [3.8, 4) is 11.5 Å². The van der Waals surface area contributed by atoms with Crippen molar-refractivity contribution >= 4 is 11.4 Å². The van der Waals surface area contributed by atoms with Crippen LogP contribution in [0.5, 0.6) is 11.5 Å². The Morgan fingerprint density at radius 1 is 0.519 bits per heavy atom. The first-order valence-corrected chi connectivity index (χ1v) is 19.2. The van der Waals surface area contributed by atoms with E-state index in [0.29, 0.717) is 0 Å². The van der Waals surface area contributed by atoms with E-state index in [0.717, 1.165) is 41.2 Å². The molecule has 2 spiro atoms. The standard InChI is InChI=1S/C23H30N2.C16H12O3.C8H12O2/c1-15-11-9-12-16(2)21(15)24-19(5)20(6)25(23(24,7)8)22-17(3)13-10-14-18(22)4;1-11-10-17-16(19-11)12-6-2-4-8-14(12)18-15-9-5-3-7-13(15)16;1-2-4-8(5-3-1)9-6-7-10-8/h9-14H,1-8H3;2-10H,1H3;6-7H,1-5H2. The summed E-state index contributed by atoms with van der Waals surface area (Å²) in [5, 5.41) is 0. The van der Waals surface area contributed by atoms with Gasteiger partial charge in [0.25, 0.3) is 0 Å². The number of hydrogen-bond donors (Lipinski definition) is 0. The van der Waals surface area contributed by atoms with Crippen LogP contribution in [0.25, 0.3) is 0 Å². The Hall–Kier alpha value is -5.30. The van der Waals surface area contributed by atoms with Crippen molar-refractivity contribution in [2.24, 2.45) is 0 Å². The van der Waals surface area contributed by atoms with E-state index in [-0.39, 0.29) is 11.4 Å². The zero-order chi connectivity index (χ0) is 38.3. The first-order valence-electron chi connectivity index (χ1n) is 19.2. The second kappa shape index (κ2) is 14.5. The third-order valence-corrected chi connectivity index (χ3v) is 11.3. The number of para-hydroxylation sites is 4. The Kier molecular flexibility index (Phi) is 9.94. The molecule has 1 saturated carbocycles. The monoisotopic (exact) mass is 726 g/mol. The van der Waals surface area contributed by atoms with Crippen LogP contribution in [0.15, 0.2) is 121 Å². The summed E-state index contributed by atoms with van der Waals surface area (Å²) in [6.45, 7) is 19.9. The molecule has 4 heterocycles. The Labute approximate surface area is 321 Å². The molecule has 0 unspecified atom stereocenters. The normalized spacial score (nSPS) is 19.2. The molecule has 1 aliphatic carbocycles. The molecule has 1 fully saturated rings. The van der Waals surface area contributed by atoms with Gasteiger partial charge < -0.3 is 33.5 Å². The third kappa shape index (κ3) is 6.48. The Morgan fingerprint density at radius 2 is 0.963 bits per heavy atom. The minimum absolute atomic E-state index is 0.165. The summed E-state index contributed by atoms with van der Waals surface area (Å²) in [5.41, 5.74) is 12.2. The molecule has 0 atom stereocenters. The molecule has 0 aromatic heterocycles. The number of fused-ring (bicyclic) bond motifs is 4. The molecule has 0 radical (unpaired) electrons. The van der Waals surface area contributed by atoms with Gasteiger partial charge in [-0.1, -0.05) is 67.1 Å². The maximum Gasteiger partial charge on any atom is 0.311 e. The molecular formula is C47H54N2O5. The fraction of sp³-hybridized carbons (Fsp3) is 0.362. The molecule has 7 heteroatoms. The number of anilines is 2. The van der Waals surface area contributed by atoms with Crippen molar-refractivity contribution in [2.75, 3.05) is 9.80 Å². The number of nitrogens with zero attached hydrogens (tertiary/aromatic N) is 2. The molecule has 0 amide bonds. The summed E-state index contributed by atoms with van der Waals surface area (Å²) in [6, 6.07) is 28.7. The SMILES string of the molecule is C1=COC2(CCCCC2)O1.CC1=C(C)N(c2c(C)cccc2C)C(C)(C)N1c1c(C)cccc1C.CC1=COC2(O1)c1ccccc1Oc1ccccc12. The molecule has 0 saturated heterocycles. The van der Waals surface area contributed by atoms with Crippen LogP contribution >= 0.6 is 0 Å².